The highest BCUT2D eigenvalue weighted by molar-refractivity contribution is 7.94. The standard InChI is InChI=1S/C48H34N4O2S/c53-55(54)28-27-35(30-55)36-29-43-46(33-17-9-3-10-18-33)41-24-23-39(50-41)44(31-13-5-1-6-14-31)37-21-22-38(49-37)45(32-15-7-2-8-16-32)40-25-26-42(51-40)47(48(36)52-43)34-19-11-4-12-20-34/h1-29,35,50,52H,30H2. The van der Waals surface area contributed by atoms with Crippen LogP contribution in [-0.4, -0.2) is 34.1 Å². The summed E-state index contributed by atoms with van der Waals surface area (Å²) in [5.74, 6) is -0.356. The zero-order chi connectivity index (χ0) is 36.9. The van der Waals surface area contributed by atoms with Crippen molar-refractivity contribution in [3.63, 3.8) is 0 Å². The number of benzene rings is 4. The van der Waals surface area contributed by atoms with Crippen LogP contribution in [0.25, 0.3) is 90.9 Å². The minimum absolute atomic E-state index is 0.00151. The molecule has 55 heavy (non-hydrogen) atoms. The fourth-order valence-corrected chi connectivity index (χ4v) is 9.34. The second kappa shape index (κ2) is 13.2. The number of aromatic nitrogens is 4. The Morgan fingerprint density at radius 1 is 0.473 bits per heavy atom. The van der Waals surface area contributed by atoms with Crippen LogP contribution in [-0.2, 0) is 9.84 Å². The molecule has 1 unspecified atom stereocenters. The van der Waals surface area contributed by atoms with Gasteiger partial charge in [0.2, 0.25) is 0 Å². The summed E-state index contributed by atoms with van der Waals surface area (Å²) < 4.78 is 25.9. The van der Waals surface area contributed by atoms with Crippen LogP contribution >= 0.6 is 0 Å². The molecule has 0 radical (unpaired) electrons. The Bertz CT molecular complexity index is 3000. The number of rotatable bonds is 5. The molecule has 4 aromatic carbocycles. The van der Waals surface area contributed by atoms with Crippen molar-refractivity contribution < 1.29 is 8.42 Å². The molecule has 6 nitrogen and oxygen atoms in total. The lowest BCUT2D eigenvalue weighted by atomic mass is 9.96. The van der Waals surface area contributed by atoms with Gasteiger partial charge in [0.05, 0.1) is 34.0 Å². The van der Waals surface area contributed by atoms with Gasteiger partial charge in [0.25, 0.3) is 0 Å². The third kappa shape index (κ3) is 5.95. The smallest absolute Gasteiger partial charge is 0.172 e. The maximum Gasteiger partial charge on any atom is 0.172 e. The molecule has 3 aliphatic heterocycles. The summed E-state index contributed by atoms with van der Waals surface area (Å²) in [6, 6.07) is 47.5. The van der Waals surface area contributed by atoms with E-state index < -0.39 is 9.84 Å². The van der Waals surface area contributed by atoms with E-state index in [0.29, 0.717) is 0 Å². The lowest BCUT2D eigenvalue weighted by Gasteiger charge is -2.10. The van der Waals surface area contributed by atoms with Gasteiger partial charge in [-0.25, -0.2) is 18.4 Å². The molecule has 7 aromatic rings. The number of fused-ring (bicyclic) bond motifs is 8. The number of nitrogens with zero attached hydrogens (tertiary/aromatic N) is 2. The number of aromatic amines is 2. The van der Waals surface area contributed by atoms with Gasteiger partial charge in [0, 0.05) is 50.1 Å². The maximum absolute atomic E-state index is 13.0. The molecule has 0 fully saturated rings. The zero-order valence-electron chi connectivity index (χ0n) is 29.6. The van der Waals surface area contributed by atoms with Crippen molar-refractivity contribution >= 4 is 56.2 Å². The lowest BCUT2D eigenvalue weighted by molar-refractivity contribution is 0.604. The molecule has 2 N–H and O–H groups in total. The maximum atomic E-state index is 13.0. The van der Waals surface area contributed by atoms with Crippen molar-refractivity contribution in [3.8, 4) is 44.5 Å². The second-order valence-corrected chi connectivity index (χ2v) is 15.9. The highest BCUT2D eigenvalue weighted by atomic mass is 32.2. The topological polar surface area (TPSA) is 91.5 Å². The molecule has 7 heteroatoms. The molecular weight excluding hydrogens is 697 g/mol. The van der Waals surface area contributed by atoms with Gasteiger partial charge in [-0.05, 0) is 70.3 Å². The average Bonchev–Trinajstić information content (AvgIpc) is 4.08. The minimum Gasteiger partial charge on any atom is -0.354 e. The SMILES string of the molecule is O=S1(=O)C=CC(c2cc3[nH]c2c(-c2ccccc2)c2nc(c(-c4ccccc4)c4nc(c(-c5ccccc5)c5ccc([nH]5)c3-c3ccccc3)C=C4)C=C2)C1. The van der Waals surface area contributed by atoms with Gasteiger partial charge in [-0.15, -0.1) is 0 Å². The minimum atomic E-state index is -3.36. The quantitative estimate of drug-likeness (QED) is 0.184. The van der Waals surface area contributed by atoms with E-state index in [1.165, 1.54) is 5.41 Å². The highest BCUT2D eigenvalue weighted by Gasteiger charge is 2.28. The van der Waals surface area contributed by atoms with Crippen molar-refractivity contribution in [1.29, 1.82) is 0 Å². The van der Waals surface area contributed by atoms with Gasteiger partial charge in [-0.3, -0.25) is 0 Å². The van der Waals surface area contributed by atoms with E-state index in [4.69, 9.17) is 9.97 Å². The third-order valence-electron chi connectivity index (χ3n) is 10.5. The first-order chi connectivity index (χ1) is 27.0. The third-order valence-corrected chi connectivity index (χ3v) is 11.9. The van der Waals surface area contributed by atoms with Crippen LogP contribution in [0.1, 0.15) is 34.3 Å². The van der Waals surface area contributed by atoms with Crippen molar-refractivity contribution in [2.75, 3.05) is 5.75 Å². The van der Waals surface area contributed by atoms with Gasteiger partial charge in [0.1, 0.15) is 0 Å². The van der Waals surface area contributed by atoms with Crippen molar-refractivity contribution in [1.82, 2.24) is 19.9 Å². The monoisotopic (exact) mass is 730 g/mol. The Hall–Kier alpha value is -6.83. The number of sulfone groups is 1. The van der Waals surface area contributed by atoms with Gasteiger partial charge in [-0.2, -0.15) is 0 Å². The zero-order valence-corrected chi connectivity index (χ0v) is 30.5. The summed E-state index contributed by atoms with van der Waals surface area (Å²) in [5.41, 5.74) is 15.4. The van der Waals surface area contributed by atoms with Crippen molar-refractivity contribution in [2.45, 2.75) is 5.92 Å². The van der Waals surface area contributed by atoms with Crippen LogP contribution in [0.15, 0.2) is 151 Å². The fraction of sp³-hybridized carbons (Fsp3) is 0.0417. The number of hydrogen-bond acceptors (Lipinski definition) is 4. The van der Waals surface area contributed by atoms with E-state index in [2.05, 4.69) is 101 Å². The van der Waals surface area contributed by atoms with Gasteiger partial charge < -0.3 is 9.97 Å². The van der Waals surface area contributed by atoms with Crippen LogP contribution in [0.2, 0.25) is 0 Å². The molecule has 0 saturated carbocycles. The number of nitrogens with one attached hydrogen (secondary N) is 2. The van der Waals surface area contributed by atoms with Gasteiger partial charge in [0.15, 0.2) is 9.84 Å². The lowest BCUT2D eigenvalue weighted by Crippen LogP contribution is -2.04. The predicted molar refractivity (Wildman–Crippen MR) is 226 cm³/mol. The molecule has 0 saturated heterocycles. The summed E-state index contributed by atoms with van der Waals surface area (Å²) in [5, 5.41) is 1.35. The second-order valence-electron chi connectivity index (χ2n) is 14.0. The van der Waals surface area contributed by atoms with E-state index >= 15 is 0 Å². The van der Waals surface area contributed by atoms with E-state index in [1.54, 1.807) is 0 Å². The summed E-state index contributed by atoms with van der Waals surface area (Å²) in [7, 11) is -3.36. The number of hydrogen-bond donors (Lipinski definition) is 2. The van der Waals surface area contributed by atoms with E-state index in [0.717, 1.165) is 94.9 Å². The first kappa shape index (κ1) is 32.8. The molecule has 3 aromatic heterocycles. The molecule has 264 valence electrons. The van der Waals surface area contributed by atoms with Crippen LogP contribution in [0.3, 0.4) is 0 Å². The Labute approximate surface area is 318 Å². The molecule has 6 heterocycles. The van der Waals surface area contributed by atoms with E-state index in [1.807, 2.05) is 78.9 Å². The molecule has 3 aliphatic rings. The molecule has 0 amide bonds. The molecule has 8 bridgehead atoms. The van der Waals surface area contributed by atoms with Crippen LogP contribution in [0, 0.1) is 0 Å². The first-order valence-electron chi connectivity index (χ1n) is 18.3. The van der Waals surface area contributed by atoms with Crippen LogP contribution in [0.5, 0.6) is 0 Å². The Morgan fingerprint density at radius 3 is 1.42 bits per heavy atom. The largest absolute Gasteiger partial charge is 0.354 e. The number of H-pyrrole nitrogens is 2. The Kier molecular flexibility index (Phi) is 7.89. The van der Waals surface area contributed by atoms with Gasteiger partial charge >= 0.3 is 0 Å². The van der Waals surface area contributed by atoms with Crippen molar-refractivity contribution in [3.05, 3.63) is 179 Å². The summed E-state index contributed by atoms with van der Waals surface area (Å²) in [6.45, 7) is 0. The van der Waals surface area contributed by atoms with Crippen LogP contribution in [0.4, 0.5) is 0 Å². The molecule has 0 spiro atoms. The van der Waals surface area contributed by atoms with Crippen molar-refractivity contribution in [2.24, 2.45) is 0 Å². The summed E-state index contributed by atoms with van der Waals surface area (Å²) >= 11 is 0. The Balaban J connectivity index is 1.43. The van der Waals surface area contributed by atoms with E-state index in [9.17, 15) is 8.42 Å². The molecule has 10 rings (SSSR count). The average molecular weight is 731 g/mol. The summed E-state index contributed by atoms with van der Waals surface area (Å²) in [6.07, 6.45) is 10.1. The predicted octanol–water partition coefficient (Wildman–Crippen LogP) is 11.3. The van der Waals surface area contributed by atoms with E-state index in [-0.39, 0.29) is 11.7 Å². The van der Waals surface area contributed by atoms with Crippen LogP contribution < -0.4 is 0 Å². The Morgan fingerprint density at radius 2 is 0.909 bits per heavy atom. The van der Waals surface area contributed by atoms with Gasteiger partial charge in [-0.1, -0.05) is 127 Å². The molecular formula is C48H34N4O2S. The normalized spacial score (nSPS) is 15.5. The first-order valence-corrected chi connectivity index (χ1v) is 20.0. The number of allylic oxidation sites excluding steroid dienone is 1. The molecule has 0 aliphatic carbocycles. The fourth-order valence-electron chi connectivity index (χ4n) is 8.01. The highest BCUT2D eigenvalue weighted by Crippen LogP contribution is 2.41. The summed E-state index contributed by atoms with van der Waals surface area (Å²) in [4.78, 5) is 18.4. The molecule has 1 atom stereocenters.